The molecule has 0 bridgehead atoms. The summed E-state index contributed by atoms with van der Waals surface area (Å²) < 4.78 is 0. The molecule has 0 amide bonds. The molecule has 136 valence electrons. The number of hydrogen-bond donors (Lipinski definition) is 0. The number of hydrogen-bond acceptors (Lipinski definition) is 2. The standard InChI is InChI=1S/C24H29NS/c1-15(2)19-10-11-20-23-21(12-17(4)24(20,5)14-19)25-22(26-23)13-18-9-7-6-8-16(18)3/h6-9,11,17,19H,1,10,12-14H2,2-5H3/t17-,19-,24+/m1/s1. The summed E-state index contributed by atoms with van der Waals surface area (Å²) >= 11 is 1.93. The Hall–Kier alpha value is -1.67. The zero-order valence-electron chi connectivity index (χ0n) is 16.4. The van der Waals surface area contributed by atoms with Crippen LogP contribution in [0.15, 0.2) is 42.5 Å². The lowest BCUT2D eigenvalue weighted by Gasteiger charge is -2.46. The van der Waals surface area contributed by atoms with Gasteiger partial charge in [0, 0.05) is 6.42 Å². The summed E-state index contributed by atoms with van der Waals surface area (Å²) in [5, 5.41) is 1.27. The third kappa shape index (κ3) is 2.89. The molecule has 2 aromatic rings. The molecule has 2 heteroatoms. The summed E-state index contributed by atoms with van der Waals surface area (Å²) in [7, 11) is 0. The van der Waals surface area contributed by atoms with Crippen molar-refractivity contribution >= 4 is 16.9 Å². The molecule has 0 radical (unpaired) electrons. The average Bonchev–Trinajstić information content (AvgIpc) is 2.99. The Labute approximate surface area is 161 Å². The lowest BCUT2D eigenvalue weighted by atomic mass is 9.59. The van der Waals surface area contributed by atoms with Gasteiger partial charge < -0.3 is 0 Å². The predicted molar refractivity (Wildman–Crippen MR) is 113 cm³/mol. The van der Waals surface area contributed by atoms with E-state index in [4.69, 9.17) is 4.98 Å². The SMILES string of the molecule is C=C(C)[C@@H]1CC=C2c3sc(Cc4ccccc4C)nc3C[C@@H](C)[C@]2(C)C1. The topological polar surface area (TPSA) is 12.9 Å². The van der Waals surface area contributed by atoms with Gasteiger partial charge in [0.2, 0.25) is 0 Å². The van der Waals surface area contributed by atoms with Gasteiger partial charge in [0.1, 0.15) is 0 Å². The Balaban J connectivity index is 1.70. The normalized spacial score (nSPS) is 27.5. The van der Waals surface area contributed by atoms with Gasteiger partial charge in [-0.25, -0.2) is 4.98 Å². The van der Waals surface area contributed by atoms with E-state index in [0.717, 1.165) is 19.3 Å². The fourth-order valence-corrected chi connectivity index (χ4v) is 6.00. The van der Waals surface area contributed by atoms with E-state index < -0.39 is 0 Å². The molecule has 3 atom stereocenters. The molecule has 0 saturated heterocycles. The Morgan fingerprint density at radius 3 is 2.85 bits per heavy atom. The minimum absolute atomic E-state index is 0.265. The van der Waals surface area contributed by atoms with Gasteiger partial charge in [-0.2, -0.15) is 0 Å². The van der Waals surface area contributed by atoms with E-state index in [2.05, 4.69) is 64.6 Å². The van der Waals surface area contributed by atoms with Crippen LogP contribution >= 0.6 is 11.3 Å². The highest BCUT2D eigenvalue weighted by Gasteiger charge is 2.45. The van der Waals surface area contributed by atoms with Crippen LogP contribution in [0.4, 0.5) is 0 Å². The molecule has 0 unspecified atom stereocenters. The molecule has 0 fully saturated rings. The fraction of sp³-hybridized carbons (Fsp3) is 0.458. The van der Waals surface area contributed by atoms with Crippen LogP contribution in [0.5, 0.6) is 0 Å². The molecule has 1 nitrogen and oxygen atoms in total. The van der Waals surface area contributed by atoms with Crippen LogP contribution in [0.3, 0.4) is 0 Å². The van der Waals surface area contributed by atoms with Crippen LogP contribution in [-0.2, 0) is 12.8 Å². The first-order valence-electron chi connectivity index (χ1n) is 9.78. The third-order valence-corrected chi connectivity index (χ3v) is 7.90. The highest BCUT2D eigenvalue weighted by molar-refractivity contribution is 7.13. The molecule has 0 spiro atoms. The molecule has 1 aromatic heterocycles. The fourth-order valence-electron chi connectivity index (χ4n) is 4.70. The monoisotopic (exact) mass is 363 g/mol. The first kappa shape index (κ1) is 17.7. The van der Waals surface area contributed by atoms with Gasteiger partial charge in [-0.1, -0.05) is 56.3 Å². The van der Waals surface area contributed by atoms with Crippen LogP contribution in [0.25, 0.3) is 5.57 Å². The average molecular weight is 364 g/mol. The van der Waals surface area contributed by atoms with Gasteiger partial charge in [-0.3, -0.25) is 0 Å². The summed E-state index contributed by atoms with van der Waals surface area (Å²) in [5.74, 6) is 1.27. The predicted octanol–water partition coefficient (Wildman–Crippen LogP) is 6.61. The number of thiazole rings is 1. The summed E-state index contributed by atoms with van der Waals surface area (Å²) in [6.45, 7) is 13.5. The maximum atomic E-state index is 5.07. The number of rotatable bonds is 3. The number of nitrogens with zero attached hydrogens (tertiary/aromatic N) is 1. The Morgan fingerprint density at radius 2 is 2.12 bits per heavy atom. The number of aromatic nitrogens is 1. The third-order valence-electron chi connectivity index (χ3n) is 6.77. The first-order valence-corrected chi connectivity index (χ1v) is 10.6. The quantitative estimate of drug-likeness (QED) is 0.559. The molecule has 1 heterocycles. The van der Waals surface area contributed by atoms with E-state index in [1.165, 1.54) is 38.7 Å². The highest BCUT2D eigenvalue weighted by atomic mass is 32.1. The van der Waals surface area contributed by atoms with Crippen LogP contribution in [0, 0.1) is 24.2 Å². The van der Waals surface area contributed by atoms with E-state index in [1.807, 2.05) is 11.3 Å². The molecule has 0 saturated carbocycles. The molecular formula is C24H29NS. The van der Waals surface area contributed by atoms with E-state index in [-0.39, 0.29) is 5.41 Å². The summed E-state index contributed by atoms with van der Waals surface area (Å²) in [6.07, 6.45) is 6.94. The molecule has 1 aromatic carbocycles. The second-order valence-electron chi connectivity index (χ2n) is 8.61. The van der Waals surface area contributed by atoms with Crippen molar-refractivity contribution in [2.24, 2.45) is 17.3 Å². The van der Waals surface area contributed by atoms with E-state index in [9.17, 15) is 0 Å². The number of aryl methyl sites for hydroxylation is 1. The van der Waals surface area contributed by atoms with Gasteiger partial charge in [-0.05, 0) is 67.1 Å². The smallest absolute Gasteiger partial charge is 0.0978 e. The second kappa shape index (κ2) is 6.49. The lowest BCUT2D eigenvalue weighted by Crippen LogP contribution is -2.36. The van der Waals surface area contributed by atoms with E-state index in [1.54, 1.807) is 5.57 Å². The van der Waals surface area contributed by atoms with Crippen molar-refractivity contribution in [3.63, 3.8) is 0 Å². The molecule has 2 aliphatic carbocycles. The van der Waals surface area contributed by atoms with Gasteiger partial charge in [-0.15, -0.1) is 11.3 Å². The molecule has 4 rings (SSSR count). The maximum Gasteiger partial charge on any atom is 0.0978 e. The van der Waals surface area contributed by atoms with Crippen LogP contribution in [0.2, 0.25) is 0 Å². The van der Waals surface area contributed by atoms with Crippen molar-refractivity contribution < 1.29 is 0 Å². The van der Waals surface area contributed by atoms with E-state index in [0.29, 0.717) is 11.8 Å². The van der Waals surface area contributed by atoms with Gasteiger partial charge in [0.25, 0.3) is 0 Å². The molecule has 26 heavy (non-hydrogen) atoms. The molecule has 0 N–H and O–H groups in total. The Morgan fingerprint density at radius 1 is 1.35 bits per heavy atom. The van der Waals surface area contributed by atoms with Crippen molar-refractivity contribution in [1.29, 1.82) is 0 Å². The van der Waals surface area contributed by atoms with Crippen molar-refractivity contribution in [2.75, 3.05) is 0 Å². The minimum Gasteiger partial charge on any atom is -0.245 e. The molecular weight excluding hydrogens is 334 g/mol. The van der Waals surface area contributed by atoms with Crippen LogP contribution in [0.1, 0.15) is 60.3 Å². The number of fused-ring (bicyclic) bond motifs is 3. The Bertz CT molecular complexity index is 887. The van der Waals surface area contributed by atoms with Gasteiger partial charge in [0.15, 0.2) is 0 Å². The highest BCUT2D eigenvalue weighted by Crippen LogP contribution is 2.56. The van der Waals surface area contributed by atoms with Crippen molar-refractivity contribution in [3.8, 4) is 0 Å². The van der Waals surface area contributed by atoms with Crippen molar-refractivity contribution in [3.05, 3.63) is 69.2 Å². The minimum atomic E-state index is 0.265. The molecule has 2 aliphatic rings. The zero-order valence-corrected chi connectivity index (χ0v) is 17.2. The van der Waals surface area contributed by atoms with Crippen LogP contribution < -0.4 is 0 Å². The van der Waals surface area contributed by atoms with Gasteiger partial charge >= 0.3 is 0 Å². The lowest BCUT2D eigenvalue weighted by molar-refractivity contribution is 0.217. The van der Waals surface area contributed by atoms with Crippen LogP contribution in [-0.4, -0.2) is 4.98 Å². The summed E-state index contributed by atoms with van der Waals surface area (Å²) in [6, 6.07) is 8.68. The number of allylic oxidation sites excluding steroid dienone is 3. The summed E-state index contributed by atoms with van der Waals surface area (Å²) in [5.41, 5.74) is 7.26. The largest absolute Gasteiger partial charge is 0.245 e. The Kier molecular flexibility index (Phi) is 4.43. The van der Waals surface area contributed by atoms with Crippen molar-refractivity contribution in [1.82, 2.24) is 4.98 Å². The zero-order chi connectivity index (χ0) is 18.5. The number of benzene rings is 1. The summed E-state index contributed by atoms with van der Waals surface area (Å²) in [4.78, 5) is 6.54. The first-order chi connectivity index (χ1) is 12.4. The van der Waals surface area contributed by atoms with E-state index >= 15 is 0 Å². The maximum absolute atomic E-state index is 5.07. The molecule has 0 aliphatic heterocycles. The van der Waals surface area contributed by atoms with Crippen molar-refractivity contribution in [2.45, 2.75) is 53.4 Å². The van der Waals surface area contributed by atoms with Gasteiger partial charge in [0.05, 0.1) is 15.6 Å². The second-order valence-corrected chi connectivity index (χ2v) is 9.69.